The van der Waals surface area contributed by atoms with E-state index in [1.54, 1.807) is 39.4 Å². The van der Waals surface area contributed by atoms with Crippen LogP contribution >= 0.6 is 0 Å². The molecule has 0 radical (unpaired) electrons. The highest BCUT2D eigenvalue weighted by atomic mass is 19.1. The van der Waals surface area contributed by atoms with Crippen molar-refractivity contribution in [2.45, 2.75) is 18.9 Å². The molecule has 3 aromatic rings. The molecule has 0 saturated carbocycles. The van der Waals surface area contributed by atoms with Gasteiger partial charge in [0.05, 0.1) is 34.5 Å². The van der Waals surface area contributed by atoms with Crippen LogP contribution in [0.2, 0.25) is 0 Å². The number of halogens is 2. The van der Waals surface area contributed by atoms with Gasteiger partial charge in [-0.2, -0.15) is 0 Å². The van der Waals surface area contributed by atoms with Gasteiger partial charge in [0.1, 0.15) is 17.3 Å². The summed E-state index contributed by atoms with van der Waals surface area (Å²) in [5.74, 6) is 0.569. The van der Waals surface area contributed by atoms with Gasteiger partial charge in [-0.1, -0.05) is 12.1 Å². The fourth-order valence-electron chi connectivity index (χ4n) is 4.52. The fourth-order valence-corrected chi connectivity index (χ4v) is 4.52. The second kappa shape index (κ2) is 10.7. The summed E-state index contributed by atoms with van der Waals surface area (Å²) in [5.41, 5.74) is 2.26. The quantitative estimate of drug-likeness (QED) is 0.474. The SMILES string of the molecule is COc1ccc(CC2c3cc(OC)c(OC)cc3CCN2C(=O)Nc2c(F)cccc2F)cc1OC. The third-order valence-electron chi connectivity index (χ3n) is 6.34. The number of hydrogen-bond donors (Lipinski definition) is 1. The van der Waals surface area contributed by atoms with E-state index in [1.165, 1.54) is 6.07 Å². The highest BCUT2D eigenvalue weighted by Gasteiger charge is 2.33. The van der Waals surface area contributed by atoms with Crippen molar-refractivity contribution in [1.82, 2.24) is 4.90 Å². The average molecular weight is 499 g/mol. The lowest BCUT2D eigenvalue weighted by Crippen LogP contribution is -2.43. The maximum atomic E-state index is 14.3. The van der Waals surface area contributed by atoms with Gasteiger partial charge in [-0.3, -0.25) is 0 Å². The Hall–Kier alpha value is -4.01. The minimum atomic E-state index is -0.844. The van der Waals surface area contributed by atoms with Crippen molar-refractivity contribution in [2.75, 3.05) is 40.3 Å². The largest absolute Gasteiger partial charge is 0.493 e. The van der Waals surface area contributed by atoms with Gasteiger partial charge in [0.25, 0.3) is 0 Å². The number of anilines is 1. The standard InChI is InChI=1S/C27H28F2N2O5/c1-33-22-9-8-16(13-23(22)34-2)12-21-18-15-25(36-4)24(35-3)14-17(18)10-11-31(21)27(32)30-26-19(28)6-5-7-20(26)29/h5-9,13-15,21H,10-12H2,1-4H3,(H,30,32). The fraction of sp³-hybridized carbons (Fsp3) is 0.296. The van der Waals surface area contributed by atoms with Crippen molar-refractivity contribution in [3.8, 4) is 23.0 Å². The molecule has 36 heavy (non-hydrogen) atoms. The van der Waals surface area contributed by atoms with Crippen LogP contribution < -0.4 is 24.3 Å². The predicted molar refractivity (Wildman–Crippen MR) is 131 cm³/mol. The summed E-state index contributed by atoms with van der Waals surface area (Å²) in [4.78, 5) is 14.9. The van der Waals surface area contributed by atoms with Gasteiger partial charge in [0, 0.05) is 6.54 Å². The van der Waals surface area contributed by atoms with Crippen LogP contribution in [-0.2, 0) is 12.8 Å². The third-order valence-corrected chi connectivity index (χ3v) is 6.34. The molecule has 1 N–H and O–H groups in total. The lowest BCUT2D eigenvalue weighted by Gasteiger charge is -2.38. The molecule has 0 aliphatic carbocycles. The first-order valence-electron chi connectivity index (χ1n) is 11.4. The molecule has 0 spiro atoms. The zero-order valence-electron chi connectivity index (χ0n) is 20.6. The number of nitrogens with one attached hydrogen (secondary N) is 1. The zero-order valence-corrected chi connectivity index (χ0v) is 20.6. The van der Waals surface area contributed by atoms with E-state index in [2.05, 4.69) is 5.32 Å². The molecular weight excluding hydrogens is 470 g/mol. The number of amides is 2. The Labute approximate surface area is 208 Å². The highest BCUT2D eigenvalue weighted by Crippen LogP contribution is 2.40. The van der Waals surface area contributed by atoms with Gasteiger partial charge in [0.2, 0.25) is 0 Å². The minimum Gasteiger partial charge on any atom is -0.493 e. The van der Waals surface area contributed by atoms with Crippen LogP contribution in [0.4, 0.5) is 19.3 Å². The summed E-state index contributed by atoms with van der Waals surface area (Å²) in [6.07, 6.45) is 0.946. The lowest BCUT2D eigenvalue weighted by molar-refractivity contribution is 0.181. The van der Waals surface area contributed by atoms with Crippen LogP contribution in [0, 0.1) is 11.6 Å². The number of carbonyl (C=O) groups excluding carboxylic acids is 1. The van der Waals surface area contributed by atoms with E-state index in [9.17, 15) is 13.6 Å². The van der Waals surface area contributed by atoms with E-state index in [0.29, 0.717) is 42.4 Å². The molecule has 1 heterocycles. The Balaban J connectivity index is 1.75. The number of urea groups is 1. The first kappa shape index (κ1) is 25.1. The first-order chi connectivity index (χ1) is 17.4. The van der Waals surface area contributed by atoms with Crippen LogP contribution in [0.1, 0.15) is 22.7 Å². The number of para-hydroxylation sites is 1. The van der Waals surface area contributed by atoms with E-state index in [-0.39, 0.29) is 0 Å². The van der Waals surface area contributed by atoms with Crippen LogP contribution in [0.5, 0.6) is 23.0 Å². The van der Waals surface area contributed by atoms with Crippen molar-refractivity contribution in [1.29, 1.82) is 0 Å². The molecule has 0 bridgehead atoms. The van der Waals surface area contributed by atoms with Gasteiger partial charge in [0.15, 0.2) is 23.0 Å². The van der Waals surface area contributed by atoms with Crippen LogP contribution in [0.25, 0.3) is 0 Å². The number of ether oxygens (including phenoxy) is 4. The molecule has 1 unspecified atom stereocenters. The number of carbonyl (C=O) groups is 1. The molecule has 4 rings (SSSR count). The second-order valence-electron chi connectivity index (χ2n) is 8.29. The van der Waals surface area contributed by atoms with Gasteiger partial charge in [-0.05, 0) is 65.9 Å². The Morgan fingerprint density at radius 3 is 2.14 bits per heavy atom. The molecule has 190 valence electrons. The summed E-state index contributed by atoms with van der Waals surface area (Å²) >= 11 is 0. The van der Waals surface area contributed by atoms with E-state index in [4.69, 9.17) is 18.9 Å². The van der Waals surface area contributed by atoms with E-state index >= 15 is 0 Å². The normalized spacial score (nSPS) is 14.6. The third kappa shape index (κ3) is 4.86. The molecule has 0 fully saturated rings. The molecule has 1 aliphatic heterocycles. The van der Waals surface area contributed by atoms with Gasteiger partial charge >= 0.3 is 6.03 Å². The highest BCUT2D eigenvalue weighted by molar-refractivity contribution is 5.90. The van der Waals surface area contributed by atoms with Crippen LogP contribution in [0.3, 0.4) is 0 Å². The monoisotopic (exact) mass is 498 g/mol. The molecular formula is C27H28F2N2O5. The van der Waals surface area contributed by atoms with Crippen molar-refractivity contribution < 1.29 is 32.5 Å². The average Bonchev–Trinajstić information content (AvgIpc) is 2.89. The number of nitrogens with zero attached hydrogens (tertiary/aromatic N) is 1. The molecule has 1 aliphatic rings. The van der Waals surface area contributed by atoms with E-state index in [0.717, 1.165) is 28.8 Å². The molecule has 3 aromatic carbocycles. The van der Waals surface area contributed by atoms with Crippen molar-refractivity contribution in [3.63, 3.8) is 0 Å². The maximum absolute atomic E-state index is 14.3. The van der Waals surface area contributed by atoms with Crippen molar-refractivity contribution in [3.05, 3.63) is 76.9 Å². The molecule has 0 aromatic heterocycles. The Morgan fingerprint density at radius 1 is 0.889 bits per heavy atom. The Bertz CT molecular complexity index is 1250. The number of fused-ring (bicyclic) bond motifs is 1. The number of methoxy groups -OCH3 is 4. The molecule has 9 heteroatoms. The Morgan fingerprint density at radius 2 is 1.50 bits per heavy atom. The zero-order chi connectivity index (χ0) is 25.8. The summed E-state index contributed by atoms with van der Waals surface area (Å²) in [6, 6.07) is 11.7. The predicted octanol–water partition coefficient (Wildman–Crippen LogP) is 5.37. The van der Waals surface area contributed by atoms with Gasteiger partial charge in [-0.25, -0.2) is 13.6 Å². The van der Waals surface area contributed by atoms with Crippen LogP contribution in [0.15, 0.2) is 48.5 Å². The molecule has 2 amide bonds. The summed E-state index contributed by atoms with van der Waals surface area (Å²) in [5, 5.41) is 2.42. The maximum Gasteiger partial charge on any atom is 0.322 e. The topological polar surface area (TPSA) is 69.3 Å². The molecule has 1 atom stereocenters. The van der Waals surface area contributed by atoms with Crippen LogP contribution in [-0.4, -0.2) is 45.9 Å². The molecule has 7 nitrogen and oxygen atoms in total. The van der Waals surface area contributed by atoms with Gasteiger partial charge < -0.3 is 29.2 Å². The number of benzene rings is 3. The number of rotatable bonds is 7. The second-order valence-corrected chi connectivity index (χ2v) is 8.29. The van der Waals surface area contributed by atoms with Crippen molar-refractivity contribution >= 4 is 11.7 Å². The van der Waals surface area contributed by atoms with E-state index < -0.39 is 29.4 Å². The molecule has 0 saturated heterocycles. The van der Waals surface area contributed by atoms with Crippen molar-refractivity contribution in [2.24, 2.45) is 0 Å². The first-order valence-corrected chi connectivity index (χ1v) is 11.4. The Kier molecular flexibility index (Phi) is 7.47. The van der Waals surface area contributed by atoms with E-state index in [1.807, 2.05) is 24.3 Å². The number of hydrogen-bond acceptors (Lipinski definition) is 5. The van der Waals surface area contributed by atoms with Gasteiger partial charge in [-0.15, -0.1) is 0 Å². The summed E-state index contributed by atoms with van der Waals surface area (Å²) in [7, 11) is 6.22. The summed E-state index contributed by atoms with van der Waals surface area (Å²) in [6.45, 7) is 0.336. The lowest BCUT2D eigenvalue weighted by atomic mass is 9.88. The smallest absolute Gasteiger partial charge is 0.322 e. The summed E-state index contributed by atoms with van der Waals surface area (Å²) < 4.78 is 50.3. The minimum absolute atomic E-state index is 0.336.